The molecule has 0 aromatic carbocycles. The molecule has 1 heterocycles. The Morgan fingerprint density at radius 1 is 1.19 bits per heavy atom. The Labute approximate surface area is 131 Å². The average Bonchev–Trinajstić information content (AvgIpc) is 2.36. The molecule has 1 N–H and O–H groups in total. The highest BCUT2D eigenvalue weighted by atomic mass is 16.5. The van der Waals surface area contributed by atoms with Gasteiger partial charge in [0.1, 0.15) is 0 Å². The lowest BCUT2D eigenvalue weighted by atomic mass is 9.69. The van der Waals surface area contributed by atoms with Crippen LogP contribution in [0.3, 0.4) is 0 Å². The van der Waals surface area contributed by atoms with Gasteiger partial charge in [-0.1, -0.05) is 20.8 Å². The molecule has 1 aliphatic heterocycles. The number of ether oxygens (including phenoxy) is 1. The Morgan fingerprint density at radius 2 is 1.86 bits per heavy atom. The van der Waals surface area contributed by atoms with Crippen LogP contribution in [0.5, 0.6) is 0 Å². The first-order chi connectivity index (χ1) is 9.89. The van der Waals surface area contributed by atoms with Crippen molar-refractivity contribution in [2.24, 2.45) is 11.3 Å². The number of nitrogens with one attached hydrogen (secondary N) is 1. The second-order valence-corrected chi connectivity index (χ2v) is 8.20. The molecule has 2 aliphatic rings. The number of hydrogen-bond acceptors (Lipinski definition) is 3. The largest absolute Gasteiger partial charge is 0.373 e. The van der Waals surface area contributed by atoms with E-state index in [9.17, 15) is 0 Å². The van der Waals surface area contributed by atoms with Crippen molar-refractivity contribution in [1.29, 1.82) is 0 Å². The van der Waals surface area contributed by atoms with Crippen LogP contribution in [-0.4, -0.2) is 49.3 Å². The summed E-state index contributed by atoms with van der Waals surface area (Å²) in [6, 6.07) is 0.714. The predicted octanol–water partition coefficient (Wildman–Crippen LogP) is 3.29. The summed E-state index contributed by atoms with van der Waals surface area (Å²) in [5.74, 6) is 0.790. The highest BCUT2D eigenvalue weighted by molar-refractivity contribution is 4.91. The number of rotatable bonds is 5. The summed E-state index contributed by atoms with van der Waals surface area (Å²) in [6.07, 6.45) is 6.06. The molecule has 1 saturated carbocycles. The zero-order valence-electron chi connectivity index (χ0n) is 14.8. The van der Waals surface area contributed by atoms with Crippen LogP contribution in [0.15, 0.2) is 0 Å². The second kappa shape index (κ2) is 7.43. The lowest BCUT2D eigenvalue weighted by Crippen LogP contribution is -2.52. The van der Waals surface area contributed by atoms with Gasteiger partial charge < -0.3 is 10.1 Å². The Hall–Kier alpha value is -0.120. The zero-order chi connectivity index (χ0) is 15.5. The third-order valence-corrected chi connectivity index (χ3v) is 5.16. The van der Waals surface area contributed by atoms with E-state index in [2.05, 4.69) is 44.8 Å². The summed E-state index contributed by atoms with van der Waals surface area (Å²) in [5, 5.41) is 3.81. The molecule has 0 amide bonds. The van der Waals surface area contributed by atoms with Crippen LogP contribution in [0.25, 0.3) is 0 Å². The van der Waals surface area contributed by atoms with E-state index >= 15 is 0 Å². The van der Waals surface area contributed by atoms with Gasteiger partial charge in [-0.3, -0.25) is 4.90 Å². The molecule has 2 fully saturated rings. The molecule has 3 heteroatoms. The van der Waals surface area contributed by atoms with E-state index in [1.165, 1.54) is 32.2 Å². The maximum absolute atomic E-state index is 5.88. The molecule has 2 rings (SSSR count). The van der Waals surface area contributed by atoms with E-state index < -0.39 is 0 Å². The van der Waals surface area contributed by atoms with Crippen molar-refractivity contribution in [2.45, 2.75) is 78.6 Å². The van der Waals surface area contributed by atoms with Crippen LogP contribution in [0, 0.1) is 11.3 Å². The predicted molar refractivity (Wildman–Crippen MR) is 89.7 cm³/mol. The van der Waals surface area contributed by atoms with Gasteiger partial charge in [0.25, 0.3) is 0 Å². The zero-order valence-corrected chi connectivity index (χ0v) is 14.8. The Bertz CT molecular complexity index is 308. The third-order valence-electron chi connectivity index (χ3n) is 5.16. The van der Waals surface area contributed by atoms with Gasteiger partial charge in [0.15, 0.2) is 0 Å². The molecule has 3 nitrogen and oxygen atoms in total. The molecule has 0 radical (unpaired) electrons. The van der Waals surface area contributed by atoms with Crippen LogP contribution in [0.4, 0.5) is 0 Å². The maximum atomic E-state index is 5.88. The normalized spacial score (nSPS) is 37.6. The fourth-order valence-corrected chi connectivity index (χ4v) is 4.29. The van der Waals surface area contributed by atoms with Crippen molar-refractivity contribution in [3.05, 3.63) is 0 Å². The topological polar surface area (TPSA) is 24.5 Å². The molecule has 21 heavy (non-hydrogen) atoms. The standard InChI is InChI=1S/C18H36N2O/c1-6-9-19-17-7-8-18(4,5)10-16(17)13-20-11-14(2)21-15(3)12-20/h14-17,19H,6-13H2,1-5H3. The highest BCUT2D eigenvalue weighted by Crippen LogP contribution is 2.39. The molecule has 4 atom stereocenters. The molecule has 0 aromatic heterocycles. The van der Waals surface area contributed by atoms with Crippen LogP contribution in [-0.2, 0) is 4.74 Å². The first kappa shape index (κ1) is 17.2. The fraction of sp³-hybridized carbons (Fsp3) is 1.00. The number of morpholine rings is 1. The summed E-state index contributed by atoms with van der Waals surface area (Å²) >= 11 is 0. The van der Waals surface area contributed by atoms with Crippen LogP contribution < -0.4 is 5.32 Å². The maximum Gasteiger partial charge on any atom is 0.0678 e. The van der Waals surface area contributed by atoms with Crippen molar-refractivity contribution in [2.75, 3.05) is 26.2 Å². The summed E-state index contributed by atoms with van der Waals surface area (Å²) < 4.78 is 5.88. The van der Waals surface area contributed by atoms with Crippen LogP contribution in [0.1, 0.15) is 60.3 Å². The minimum absolute atomic E-state index is 0.382. The van der Waals surface area contributed by atoms with E-state index in [1.807, 2.05) is 0 Å². The van der Waals surface area contributed by atoms with Gasteiger partial charge in [-0.25, -0.2) is 0 Å². The van der Waals surface area contributed by atoms with Crippen molar-refractivity contribution in [3.8, 4) is 0 Å². The SMILES string of the molecule is CCCNC1CCC(C)(C)CC1CN1CC(C)OC(C)C1. The quantitative estimate of drug-likeness (QED) is 0.842. The monoisotopic (exact) mass is 296 g/mol. The molecular weight excluding hydrogens is 260 g/mol. The van der Waals surface area contributed by atoms with E-state index in [0.29, 0.717) is 23.7 Å². The van der Waals surface area contributed by atoms with Gasteiger partial charge in [-0.15, -0.1) is 0 Å². The summed E-state index contributed by atoms with van der Waals surface area (Å²) in [7, 11) is 0. The van der Waals surface area contributed by atoms with Gasteiger partial charge >= 0.3 is 0 Å². The first-order valence-electron chi connectivity index (χ1n) is 9.01. The van der Waals surface area contributed by atoms with E-state index in [0.717, 1.165) is 25.6 Å². The molecule has 4 unspecified atom stereocenters. The van der Waals surface area contributed by atoms with Crippen LogP contribution in [0.2, 0.25) is 0 Å². The highest BCUT2D eigenvalue weighted by Gasteiger charge is 2.36. The summed E-state index contributed by atoms with van der Waals surface area (Å²) in [4.78, 5) is 2.64. The molecule has 1 aliphatic carbocycles. The summed E-state index contributed by atoms with van der Waals surface area (Å²) in [5.41, 5.74) is 0.512. The Kier molecular flexibility index (Phi) is 6.10. The van der Waals surface area contributed by atoms with Gasteiger partial charge in [0.2, 0.25) is 0 Å². The van der Waals surface area contributed by atoms with Crippen molar-refractivity contribution >= 4 is 0 Å². The van der Waals surface area contributed by atoms with E-state index in [1.54, 1.807) is 0 Å². The molecule has 1 saturated heterocycles. The van der Waals surface area contributed by atoms with Gasteiger partial charge in [0, 0.05) is 25.7 Å². The van der Waals surface area contributed by atoms with Crippen molar-refractivity contribution in [1.82, 2.24) is 10.2 Å². The van der Waals surface area contributed by atoms with E-state index in [-0.39, 0.29) is 0 Å². The number of nitrogens with zero attached hydrogens (tertiary/aromatic N) is 1. The Balaban J connectivity index is 1.95. The summed E-state index contributed by atoms with van der Waals surface area (Å²) in [6.45, 7) is 16.2. The minimum atomic E-state index is 0.382. The van der Waals surface area contributed by atoms with Gasteiger partial charge in [-0.2, -0.15) is 0 Å². The van der Waals surface area contributed by atoms with Crippen molar-refractivity contribution < 1.29 is 4.74 Å². The number of hydrogen-bond donors (Lipinski definition) is 1. The lowest BCUT2D eigenvalue weighted by Gasteiger charge is -2.45. The molecule has 124 valence electrons. The lowest BCUT2D eigenvalue weighted by molar-refractivity contribution is -0.0755. The van der Waals surface area contributed by atoms with Gasteiger partial charge in [0.05, 0.1) is 12.2 Å². The average molecular weight is 296 g/mol. The molecule has 0 spiro atoms. The molecule has 0 bridgehead atoms. The van der Waals surface area contributed by atoms with E-state index in [4.69, 9.17) is 4.74 Å². The third kappa shape index (κ3) is 5.22. The van der Waals surface area contributed by atoms with Crippen LogP contribution >= 0.6 is 0 Å². The molecule has 0 aromatic rings. The Morgan fingerprint density at radius 3 is 2.48 bits per heavy atom. The fourth-order valence-electron chi connectivity index (χ4n) is 4.29. The minimum Gasteiger partial charge on any atom is -0.373 e. The van der Waals surface area contributed by atoms with Crippen molar-refractivity contribution in [3.63, 3.8) is 0 Å². The first-order valence-corrected chi connectivity index (χ1v) is 9.01. The smallest absolute Gasteiger partial charge is 0.0678 e. The second-order valence-electron chi connectivity index (χ2n) is 8.20. The van der Waals surface area contributed by atoms with Gasteiger partial charge in [-0.05, 0) is 57.4 Å². The molecular formula is C18H36N2O.